The maximum atomic E-state index is 10.2. The third kappa shape index (κ3) is 5.82. The summed E-state index contributed by atoms with van der Waals surface area (Å²) in [5.41, 5.74) is 0. The van der Waals surface area contributed by atoms with Gasteiger partial charge >= 0.3 is 0 Å². The topological polar surface area (TPSA) is 41.9 Å². The number of aliphatic hydroxyl groups excluding tert-OH is 1. The molecule has 1 unspecified atom stereocenters. The zero-order valence-electron chi connectivity index (χ0n) is 11.2. The third-order valence-electron chi connectivity index (χ3n) is 3.61. The smallest absolute Gasteiger partial charge is 0.0695 e. The summed E-state index contributed by atoms with van der Waals surface area (Å²) in [5.74, 6) is 0.502. The Morgan fingerprint density at radius 2 is 1.65 bits per heavy atom. The predicted molar refractivity (Wildman–Crippen MR) is 68.2 cm³/mol. The van der Waals surface area contributed by atoms with Crippen LogP contribution in [0.1, 0.15) is 25.7 Å². The minimum atomic E-state index is -0.189. The van der Waals surface area contributed by atoms with Gasteiger partial charge in [-0.2, -0.15) is 0 Å². The summed E-state index contributed by atoms with van der Waals surface area (Å²) in [6.07, 6.45) is 4.73. The van der Waals surface area contributed by atoms with Crippen molar-refractivity contribution in [2.75, 3.05) is 47.1 Å². The highest BCUT2D eigenvalue weighted by molar-refractivity contribution is 4.77. The second kappa shape index (κ2) is 8.86. The first-order valence-corrected chi connectivity index (χ1v) is 6.66. The van der Waals surface area contributed by atoms with Gasteiger partial charge in [-0.15, -0.1) is 0 Å². The SMILES string of the molecule is COCCN(CCOC)CC(O)C1CCCC1. The molecule has 0 radical (unpaired) electrons. The maximum Gasteiger partial charge on any atom is 0.0695 e. The van der Waals surface area contributed by atoms with Crippen molar-refractivity contribution in [1.82, 2.24) is 4.90 Å². The zero-order valence-corrected chi connectivity index (χ0v) is 11.2. The maximum absolute atomic E-state index is 10.2. The fourth-order valence-corrected chi connectivity index (χ4v) is 2.49. The van der Waals surface area contributed by atoms with Gasteiger partial charge < -0.3 is 14.6 Å². The Hall–Kier alpha value is -0.160. The molecule has 0 bridgehead atoms. The number of hydrogen-bond donors (Lipinski definition) is 1. The van der Waals surface area contributed by atoms with E-state index in [-0.39, 0.29) is 6.10 Å². The second-order valence-corrected chi connectivity index (χ2v) is 4.90. The molecule has 0 heterocycles. The van der Waals surface area contributed by atoms with Crippen molar-refractivity contribution in [1.29, 1.82) is 0 Å². The number of ether oxygens (including phenoxy) is 2. The molecule has 4 heteroatoms. The number of methoxy groups -OCH3 is 2. The van der Waals surface area contributed by atoms with Gasteiger partial charge in [-0.1, -0.05) is 12.8 Å². The van der Waals surface area contributed by atoms with E-state index in [2.05, 4.69) is 4.90 Å². The molecule has 1 rings (SSSR count). The lowest BCUT2D eigenvalue weighted by molar-refractivity contribution is 0.0426. The lowest BCUT2D eigenvalue weighted by Gasteiger charge is -2.27. The van der Waals surface area contributed by atoms with Gasteiger partial charge in [0.1, 0.15) is 0 Å². The highest BCUT2D eigenvalue weighted by Crippen LogP contribution is 2.27. The van der Waals surface area contributed by atoms with Crippen LogP contribution in [0.2, 0.25) is 0 Å². The van der Waals surface area contributed by atoms with E-state index < -0.39 is 0 Å². The summed E-state index contributed by atoms with van der Waals surface area (Å²) in [4.78, 5) is 2.23. The van der Waals surface area contributed by atoms with E-state index >= 15 is 0 Å². The molecular weight excluding hydrogens is 218 g/mol. The Balaban J connectivity index is 2.28. The predicted octanol–water partition coefficient (Wildman–Crippen LogP) is 1.13. The molecular formula is C13H27NO3. The van der Waals surface area contributed by atoms with Crippen LogP contribution in [0, 0.1) is 5.92 Å². The third-order valence-corrected chi connectivity index (χ3v) is 3.61. The van der Waals surface area contributed by atoms with Gasteiger partial charge in [-0.05, 0) is 18.8 Å². The standard InChI is InChI=1S/C13H27NO3/c1-16-9-7-14(8-10-17-2)11-13(15)12-5-3-4-6-12/h12-13,15H,3-11H2,1-2H3. The summed E-state index contributed by atoms with van der Waals surface area (Å²) in [6, 6.07) is 0. The van der Waals surface area contributed by atoms with Gasteiger partial charge in [0.2, 0.25) is 0 Å². The van der Waals surface area contributed by atoms with Crippen molar-refractivity contribution in [3.63, 3.8) is 0 Å². The van der Waals surface area contributed by atoms with Crippen LogP contribution in [-0.4, -0.2) is 63.2 Å². The van der Waals surface area contributed by atoms with Gasteiger partial charge in [0, 0.05) is 33.9 Å². The number of hydrogen-bond acceptors (Lipinski definition) is 4. The lowest BCUT2D eigenvalue weighted by Crippen LogP contribution is -2.39. The van der Waals surface area contributed by atoms with Crippen molar-refractivity contribution < 1.29 is 14.6 Å². The molecule has 0 saturated heterocycles. The molecule has 1 atom stereocenters. The van der Waals surface area contributed by atoms with Gasteiger partial charge in [0.15, 0.2) is 0 Å². The van der Waals surface area contributed by atoms with Crippen LogP contribution in [0.15, 0.2) is 0 Å². The molecule has 102 valence electrons. The van der Waals surface area contributed by atoms with Crippen LogP contribution < -0.4 is 0 Å². The van der Waals surface area contributed by atoms with Crippen LogP contribution >= 0.6 is 0 Å². The first-order valence-electron chi connectivity index (χ1n) is 6.66. The van der Waals surface area contributed by atoms with E-state index in [1.165, 1.54) is 25.7 Å². The van der Waals surface area contributed by atoms with Crippen molar-refractivity contribution in [2.45, 2.75) is 31.8 Å². The van der Waals surface area contributed by atoms with Crippen LogP contribution in [-0.2, 0) is 9.47 Å². The monoisotopic (exact) mass is 245 g/mol. The summed E-state index contributed by atoms with van der Waals surface area (Å²) < 4.78 is 10.2. The van der Waals surface area contributed by atoms with Crippen molar-refractivity contribution in [3.8, 4) is 0 Å². The first-order chi connectivity index (χ1) is 8.27. The largest absolute Gasteiger partial charge is 0.392 e. The summed E-state index contributed by atoms with van der Waals surface area (Å²) in [6.45, 7) is 3.90. The normalized spacial score (nSPS) is 19.1. The quantitative estimate of drug-likeness (QED) is 0.661. The van der Waals surface area contributed by atoms with Crippen LogP contribution in [0.25, 0.3) is 0 Å². The molecule has 0 aromatic rings. The fraction of sp³-hybridized carbons (Fsp3) is 1.00. The van der Waals surface area contributed by atoms with Gasteiger partial charge in [0.05, 0.1) is 19.3 Å². The van der Waals surface area contributed by atoms with E-state index in [0.717, 1.165) is 19.6 Å². The Kier molecular flexibility index (Phi) is 7.77. The molecule has 0 aromatic carbocycles. The Bertz CT molecular complexity index is 176. The highest BCUT2D eigenvalue weighted by Gasteiger charge is 2.24. The number of nitrogens with zero attached hydrogens (tertiary/aromatic N) is 1. The molecule has 1 aliphatic carbocycles. The van der Waals surface area contributed by atoms with Gasteiger partial charge in [-0.3, -0.25) is 4.90 Å². The molecule has 1 aliphatic rings. The second-order valence-electron chi connectivity index (χ2n) is 4.90. The van der Waals surface area contributed by atoms with Crippen LogP contribution in [0.4, 0.5) is 0 Å². The lowest BCUT2D eigenvalue weighted by atomic mass is 10.0. The van der Waals surface area contributed by atoms with Crippen molar-refractivity contribution in [3.05, 3.63) is 0 Å². The Morgan fingerprint density at radius 3 is 2.12 bits per heavy atom. The Morgan fingerprint density at radius 1 is 1.12 bits per heavy atom. The molecule has 4 nitrogen and oxygen atoms in total. The van der Waals surface area contributed by atoms with E-state index in [4.69, 9.17) is 9.47 Å². The van der Waals surface area contributed by atoms with Crippen LogP contribution in [0.5, 0.6) is 0 Å². The summed E-state index contributed by atoms with van der Waals surface area (Å²) in [7, 11) is 3.42. The van der Waals surface area contributed by atoms with E-state index in [9.17, 15) is 5.11 Å². The Labute approximate surface area is 105 Å². The molecule has 1 fully saturated rings. The molecule has 0 aliphatic heterocycles. The number of aliphatic hydroxyl groups is 1. The van der Waals surface area contributed by atoms with E-state index in [1.807, 2.05) is 0 Å². The summed E-state index contributed by atoms with van der Waals surface area (Å²) in [5, 5.41) is 10.2. The van der Waals surface area contributed by atoms with Crippen molar-refractivity contribution >= 4 is 0 Å². The molecule has 1 saturated carbocycles. The van der Waals surface area contributed by atoms with Crippen molar-refractivity contribution in [2.24, 2.45) is 5.92 Å². The minimum absolute atomic E-state index is 0.189. The molecule has 17 heavy (non-hydrogen) atoms. The molecule has 0 amide bonds. The average Bonchev–Trinajstić information content (AvgIpc) is 2.86. The fourth-order valence-electron chi connectivity index (χ4n) is 2.49. The molecule has 0 spiro atoms. The molecule has 1 N–H and O–H groups in total. The van der Waals surface area contributed by atoms with Gasteiger partial charge in [-0.25, -0.2) is 0 Å². The zero-order chi connectivity index (χ0) is 12.5. The average molecular weight is 245 g/mol. The van der Waals surface area contributed by atoms with Gasteiger partial charge in [0.25, 0.3) is 0 Å². The minimum Gasteiger partial charge on any atom is -0.392 e. The van der Waals surface area contributed by atoms with Crippen LogP contribution in [0.3, 0.4) is 0 Å². The van der Waals surface area contributed by atoms with E-state index in [1.54, 1.807) is 14.2 Å². The van der Waals surface area contributed by atoms with E-state index in [0.29, 0.717) is 19.1 Å². The first kappa shape index (κ1) is 14.9. The highest BCUT2D eigenvalue weighted by atomic mass is 16.5. The summed E-state index contributed by atoms with van der Waals surface area (Å²) >= 11 is 0. The molecule has 0 aromatic heterocycles. The number of rotatable bonds is 9.